The van der Waals surface area contributed by atoms with Gasteiger partial charge < -0.3 is 10.6 Å². The third kappa shape index (κ3) is 3.73. The minimum atomic E-state index is -3.70. The van der Waals surface area contributed by atoms with Gasteiger partial charge in [-0.3, -0.25) is 0 Å². The van der Waals surface area contributed by atoms with E-state index in [9.17, 15) is 17.6 Å². The summed E-state index contributed by atoms with van der Waals surface area (Å²) in [6, 6.07) is 4.47. The number of hydrogen-bond donors (Lipinski definition) is 2. The molecule has 2 N–H and O–H groups in total. The molecule has 4 saturated carbocycles. The molecule has 1 unspecified atom stereocenters. The summed E-state index contributed by atoms with van der Waals surface area (Å²) in [5, 5.41) is 6.23. The van der Waals surface area contributed by atoms with Gasteiger partial charge in [0.05, 0.1) is 4.90 Å². The van der Waals surface area contributed by atoms with Crippen LogP contribution in [0.25, 0.3) is 0 Å². The molecule has 0 radical (unpaired) electrons. The Balaban J connectivity index is 1.21. The maximum atomic E-state index is 13.2. The van der Waals surface area contributed by atoms with Gasteiger partial charge in [0.25, 0.3) is 0 Å². The summed E-state index contributed by atoms with van der Waals surface area (Å²) in [6.07, 6.45) is 8.67. The number of hydrogen-bond acceptors (Lipinski definition) is 3. The molecule has 4 bridgehead atoms. The number of amides is 2. The molecule has 1 aromatic rings. The highest BCUT2D eigenvalue weighted by molar-refractivity contribution is 7.89. The van der Waals surface area contributed by atoms with Crippen LogP contribution in [0.3, 0.4) is 0 Å². The Kier molecular flexibility index (Phi) is 5.05. The van der Waals surface area contributed by atoms with Crippen LogP contribution in [-0.2, 0) is 10.0 Å². The summed E-state index contributed by atoms with van der Waals surface area (Å²) >= 11 is 0. The van der Waals surface area contributed by atoms with E-state index in [0.717, 1.165) is 55.6 Å². The topological polar surface area (TPSA) is 78.5 Å². The van der Waals surface area contributed by atoms with Crippen molar-refractivity contribution >= 4 is 16.1 Å². The Labute approximate surface area is 177 Å². The fraction of sp³-hybridized carbons (Fsp3) is 0.682. The van der Waals surface area contributed by atoms with E-state index in [0.29, 0.717) is 19.5 Å². The Morgan fingerprint density at radius 1 is 1.07 bits per heavy atom. The molecule has 164 valence electrons. The molecule has 30 heavy (non-hydrogen) atoms. The second-order valence-corrected chi connectivity index (χ2v) is 11.8. The van der Waals surface area contributed by atoms with Crippen LogP contribution in [0.2, 0.25) is 0 Å². The summed E-state index contributed by atoms with van der Waals surface area (Å²) in [4.78, 5) is 12.8. The lowest BCUT2D eigenvalue weighted by atomic mass is 9.53. The molecule has 1 atom stereocenters. The number of nitrogens with zero attached hydrogens (tertiary/aromatic N) is 1. The van der Waals surface area contributed by atoms with Crippen LogP contribution in [0, 0.1) is 23.6 Å². The fourth-order valence-electron chi connectivity index (χ4n) is 6.83. The van der Waals surface area contributed by atoms with Gasteiger partial charge in [-0.25, -0.2) is 17.6 Å². The van der Waals surface area contributed by atoms with E-state index in [1.807, 2.05) is 0 Å². The lowest BCUT2D eigenvalue weighted by Crippen LogP contribution is -2.62. The Morgan fingerprint density at radius 2 is 1.67 bits per heavy atom. The van der Waals surface area contributed by atoms with Gasteiger partial charge >= 0.3 is 6.03 Å². The molecular formula is C22H30FN3O3S. The number of rotatable bonds is 5. The molecule has 4 aliphatic carbocycles. The minimum absolute atomic E-state index is 0.0611. The van der Waals surface area contributed by atoms with Crippen LogP contribution >= 0.6 is 0 Å². The number of halogens is 1. The maximum Gasteiger partial charge on any atom is 0.315 e. The quantitative estimate of drug-likeness (QED) is 0.745. The maximum absolute atomic E-state index is 13.2. The lowest BCUT2D eigenvalue weighted by molar-refractivity contribution is -0.0135. The molecule has 6 rings (SSSR count). The minimum Gasteiger partial charge on any atom is -0.337 e. The highest BCUT2D eigenvalue weighted by atomic mass is 32.2. The first kappa shape index (κ1) is 20.2. The predicted molar refractivity (Wildman–Crippen MR) is 111 cm³/mol. The van der Waals surface area contributed by atoms with Crippen molar-refractivity contribution in [3.05, 3.63) is 30.1 Å². The molecule has 2 amide bonds. The summed E-state index contributed by atoms with van der Waals surface area (Å²) in [7, 11) is -3.70. The van der Waals surface area contributed by atoms with E-state index in [2.05, 4.69) is 10.6 Å². The molecule has 0 aromatic heterocycles. The van der Waals surface area contributed by atoms with Crippen LogP contribution in [0.1, 0.15) is 51.4 Å². The average molecular weight is 436 g/mol. The van der Waals surface area contributed by atoms with E-state index in [4.69, 9.17) is 0 Å². The zero-order valence-corrected chi connectivity index (χ0v) is 18.0. The largest absolute Gasteiger partial charge is 0.337 e. The first-order valence-electron chi connectivity index (χ1n) is 11.2. The molecule has 6 nitrogen and oxygen atoms in total. The van der Waals surface area contributed by atoms with Gasteiger partial charge in [-0.1, -0.05) is 0 Å². The van der Waals surface area contributed by atoms with E-state index >= 15 is 0 Å². The van der Waals surface area contributed by atoms with Crippen molar-refractivity contribution in [1.82, 2.24) is 14.9 Å². The Bertz CT molecular complexity index is 883. The number of carbonyl (C=O) groups excluding carboxylic acids is 1. The third-order valence-corrected chi connectivity index (χ3v) is 9.62. The van der Waals surface area contributed by atoms with Gasteiger partial charge in [-0.05, 0) is 93.4 Å². The van der Waals surface area contributed by atoms with Crippen LogP contribution in [0.15, 0.2) is 29.2 Å². The number of sulfonamides is 1. The normalized spacial score (nSPS) is 35.5. The predicted octanol–water partition coefficient (Wildman–Crippen LogP) is 3.25. The van der Waals surface area contributed by atoms with Gasteiger partial charge in [0.15, 0.2) is 0 Å². The Hall–Kier alpha value is -1.67. The third-order valence-electron chi connectivity index (χ3n) is 7.66. The lowest BCUT2D eigenvalue weighted by Gasteiger charge is -2.56. The molecule has 1 aromatic carbocycles. The van der Waals surface area contributed by atoms with Crippen LogP contribution < -0.4 is 10.6 Å². The second-order valence-electron chi connectivity index (χ2n) is 9.90. The number of urea groups is 1. The SMILES string of the molecule is O=C(NCC1CCCN1S(=O)(=O)c1ccc(F)cc1)NC12CC3CC(CC(C3)C1)C2. The van der Waals surface area contributed by atoms with Gasteiger partial charge in [0.1, 0.15) is 5.82 Å². The van der Waals surface area contributed by atoms with Gasteiger partial charge in [-0.2, -0.15) is 4.31 Å². The molecule has 5 fully saturated rings. The zero-order valence-electron chi connectivity index (χ0n) is 17.1. The molecule has 1 aliphatic heterocycles. The summed E-state index contributed by atoms with van der Waals surface area (Å²) in [6.45, 7) is 0.710. The van der Waals surface area contributed by atoms with Crippen molar-refractivity contribution in [2.75, 3.05) is 13.1 Å². The van der Waals surface area contributed by atoms with Crippen molar-refractivity contribution in [1.29, 1.82) is 0 Å². The monoisotopic (exact) mass is 435 g/mol. The molecule has 0 spiro atoms. The fourth-order valence-corrected chi connectivity index (χ4v) is 8.52. The van der Waals surface area contributed by atoms with Crippen LogP contribution in [0.5, 0.6) is 0 Å². The van der Waals surface area contributed by atoms with Gasteiger partial charge in [0, 0.05) is 24.7 Å². The van der Waals surface area contributed by atoms with E-state index in [1.165, 1.54) is 35.7 Å². The van der Waals surface area contributed by atoms with Gasteiger partial charge in [0.2, 0.25) is 10.0 Å². The zero-order chi connectivity index (χ0) is 20.9. The Morgan fingerprint density at radius 3 is 2.27 bits per heavy atom. The van der Waals surface area contributed by atoms with Crippen LogP contribution in [0.4, 0.5) is 9.18 Å². The van der Waals surface area contributed by atoms with E-state index in [1.54, 1.807) is 0 Å². The van der Waals surface area contributed by atoms with Crippen molar-refractivity contribution in [2.24, 2.45) is 17.8 Å². The molecule has 5 aliphatic rings. The van der Waals surface area contributed by atoms with Gasteiger partial charge in [-0.15, -0.1) is 0 Å². The molecule has 1 heterocycles. The van der Waals surface area contributed by atoms with Crippen molar-refractivity contribution < 1.29 is 17.6 Å². The summed E-state index contributed by atoms with van der Waals surface area (Å²) in [5.74, 6) is 1.79. The molecule has 1 saturated heterocycles. The average Bonchev–Trinajstić information content (AvgIpc) is 3.15. The number of nitrogens with one attached hydrogen (secondary N) is 2. The summed E-state index contributed by atoms with van der Waals surface area (Å²) < 4.78 is 40.6. The molecular weight excluding hydrogens is 405 g/mol. The van der Waals surface area contributed by atoms with E-state index in [-0.39, 0.29) is 22.5 Å². The van der Waals surface area contributed by atoms with Crippen molar-refractivity contribution in [3.63, 3.8) is 0 Å². The van der Waals surface area contributed by atoms with Crippen molar-refractivity contribution in [3.8, 4) is 0 Å². The van der Waals surface area contributed by atoms with Crippen molar-refractivity contribution in [2.45, 2.75) is 67.8 Å². The first-order valence-corrected chi connectivity index (χ1v) is 12.6. The van der Waals surface area contributed by atoms with Crippen LogP contribution in [-0.4, -0.2) is 43.4 Å². The number of benzene rings is 1. The highest BCUT2D eigenvalue weighted by Gasteiger charge is 2.51. The standard InChI is InChI=1S/C22H30FN3O3S/c23-18-3-5-20(6-4-18)30(28,29)26-7-1-2-19(26)14-24-21(27)25-22-11-15-8-16(12-22)10-17(9-15)13-22/h3-6,15-17,19H,1-2,7-14H2,(H2,24,25,27). The second kappa shape index (κ2) is 7.48. The molecule has 8 heteroatoms. The first-order chi connectivity index (χ1) is 14.3. The van der Waals surface area contributed by atoms with E-state index < -0.39 is 15.8 Å². The smallest absolute Gasteiger partial charge is 0.315 e. The number of carbonyl (C=O) groups is 1. The summed E-state index contributed by atoms with van der Waals surface area (Å²) in [5.41, 5.74) is -0.0611. The highest BCUT2D eigenvalue weighted by Crippen LogP contribution is 2.55.